The van der Waals surface area contributed by atoms with E-state index in [0.29, 0.717) is 11.6 Å². The van der Waals surface area contributed by atoms with Crippen molar-refractivity contribution in [3.63, 3.8) is 0 Å². The number of carbonyl (C=O) groups is 1. The second-order valence-electron chi connectivity index (χ2n) is 4.91. The molecule has 2 aromatic heterocycles. The number of nitrogens with zero attached hydrogens (tertiary/aromatic N) is 2. The zero-order valence-corrected chi connectivity index (χ0v) is 13.5. The number of hydrogen-bond acceptors (Lipinski definition) is 5. The first-order valence-corrected chi connectivity index (χ1v) is 8.37. The van der Waals surface area contributed by atoms with Crippen molar-refractivity contribution in [1.82, 2.24) is 9.97 Å². The molecule has 0 fully saturated rings. The fourth-order valence-electron chi connectivity index (χ4n) is 2.10. The van der Waals surface area contributed by atoms with E-state index in [1.807, 2.05) is 13.1 Å². The maximum absolute atomic E-state index is 12.0. The number of aromatic nitrogens is 2. The Labute approximate surface area is 130 Å². The van der Waals surface area contributed by atoms with E-state index in [0.717, 1.165) is 27.1 Å². The average Bonchev–Trinajstić information content (AvgIpc) is 3.10. The quantitative estimate of drug-likeness (QED) is 0.793. The van der Waals surface area contributed by atoms with Gasteiger partial charge in [0.2, 0.25) is 5.91 Å². The topological polar surface area (TPSA) is 54.9 Å². The highest BCUT2D eigenvalue weighted by molar-refractivity contribution is 7.22. The molecule has 0 bridgehead atoms. The standard InChI is InChI=1S/C15H15N3OS2/c1-9-3-4-10(2)14-13(9)18-15(21-14)17-12(19)6-5-11-7-16-8-20-11/h3-4,7-8H,5-6H2,1-2H3,(H,17,18,19). The van der Waals surface area contributed by atoms with E-state index >= 15 is 0 Å². The van der Waals surface area contributed by atoms with Crippen LogP contribution >= 0.6 is 22.7 Å². The van der Waals surface area contributed by atoms with Crippen LogP contribution in [0.1, 0.15) is 22.4 Å². The molecular weight excluding hydrogens is 302 g/mol. The number of rotatable bonds is 4. The van der Waals surface area contributed by atoms with Gasteiger partial charge in [-0.2, -0.15) is 0 Å². The molecule has 0 saturated heterocycles. The van der Waals surface area contributed by atoms with Gasteiger partial charge >= 0.3 is 0 Å². The highest BCUT2D eigenvalue weighted by Crippen LogP contribution is 2.30. The third-order valence-electron chi connectivity index (χ3n) is 3.27. The van der Waals surface area contributed by atoms with Crippen molar-refractivity contribution in [3.05, 3.63) is 39.8 Å². The van der Waals surface area contributed by atoms with Crippen LogP contribution < -0.4 is 5.32 Å². The smallest absolute Gasteiger partial charge is 0.226 e. The third-order valence-corrected chi connectivity index (χ3v) is 5.22. The molecule has 0 saturated carbocycles. The summed E-state index contributed by atoms with van der Waals surface area (Å²) >= 11 is 3.11. The van der Waals surface area contributed by atoms with Crippen LogP contribution in [-0.2, 0) is 11.2 Å². The lowest BCUT2D eigenvalue weighted by atomic mass is 10.1. The predicted octanol–water partition coefficient (Wildman–Crippen LogP) is 3.94. The molecule has 21 heavy (non-hydrogen) atoms. The van der Waals surface area contributed by atoms with E-state index in [9.17, 15) is 4.79 Å². The lowest BCUT2D eigenvalue weighted by Gasteiger charge is -1.99. The molecule has 3 rings (SSSR count). The second-order valence-corrected chi connectivity index (χ2v) is 6.88. The Balaban J connectivity index is 1.71. The van der Waals surface area contributed by atoms with Crippen LogP contribution in [-0.4, -0.2) is 15.9 Å². The van der Waals surface area contributed by atoms with Crippen LogP contribution in [0.4, 0.5) is 5.13 Å². The normalized spacial score (nSPS) is 11.0. The van der Waals surface area contributed by atoms with Crippen molar-refractivity contribution < 1.29 is 4.79 Å². The number of aryl methyl sites for hydroxylation is 3. The molecule has 4 nitrogen and oxygen atoms in total. The lowest BCUT2D eigenvalue weighted by Crippen LogP contribution is -2.11. The number of benzene rings is 1. The molecule has 0 aliphatic carbocycles. The highest BCUT2D eigenvalue weighted by Gasteiger charge is 2.11. The van der Waals surface area contributed by atoms with Crippen molar-refractivity contribution in [2.75, 3.05) is 5.32 Å². The van der Waals surface area contributed by atoms with Crippen molar-refractivity contribution in [2.45, 2.75) is 26.7 Å². The summed E-state index contributed by atoms with van der Waals surface area (Å²) in [6.07, 6.45) is 2.98. The Morgan fingerprint density at radius 3 is 2.81 bits per heavy atom. The summed E-state index contributed by atoms with van der Waals surface area (Å²) in [5.41, 5.74) is 5.10. The number of anilines is 1. The molecule has 1 aromatic carbocycles. The summed E-state index contributed by atoms with van der Waals surface area (Å²) in [7, 11) is 0. The van der Waals surface area contributed by atoms with E-state index in [2.05, 4.69) is 34.3 Å². The van der Waals surface area contributed by atoms with Gasteiger partial charge in [-0.3, -0.25) is 9.78 Å². The highest BCUT2D eigenvalue weighted by atomic mass is 32.1. The van der Waals surface area contributed by atoms with Gasteiger partial charge in [-0.05, 0) is 31.4 Å². The first-order chi connectivity index (χ1) is 10.1. The van der Waals surface area contributed by atoms with Gasteiger partial charge in [0, 0.05) is 17.5 Å². The predicted molar refractivity (Wildman–Crippen MR) is 88.2 cm³/mol. The Bertz CT molecular complexity index is 739. The lowest BCUT2D eigenvalue weighted by molar-refractivity contribution is -0.116. The number of fused-ring (bicyclic) bond motifs is 1. The summed E-state index contributed by atoms with van der Waals surface area (Å²) < 4.78 is 1.15. The Morgan fingerprint density at radius 2 is 2.10 bits per heavy atom. The summed E-state index contributed by atoms with van der Waals surface area (Å²) in [4.78, 5) is 21.7. The van der Waals surface area contributed by atoms with Crippen LogP contribution in [0.3, 0.4) is 0 Å². The fraction of sp³-hybridized carbons (Fsp3) is 0.267. The molecule has 1 N–H and O–H groups in total. The average molecular weight is 317 g/mol. The van der Waals surface area contributed by atoms with Crippen LogP contribution in [0.5, 0.6) is 0 Å². The van der Waals surface area contributed by atoms with E-state index in [1.165, 1.54) is 16.9 Å². The fourth-order valence-corrected chi connectivity index (χ4v) is 3.72. The molecule has 3 aromatic rings. The van der Waals surface area contributed by atoms with Crippen LogP contribution in [0.15, 0.2) is 23.8 Å². The van der Waals surface area contributed by atoms with Gasteiger partial charge in [-0.25, -0.2) is 4.98 Å². The number of nitrogens with one attached hydrogen (secondary N) is 1. The number of hydrogen-bond donors (Lipinski definition) is 1. The summed E-state index contributed by atoms with van der Waals surface area (Å²) in [6.45, 7) is 4.10. The van der Waals surface area contributed by atoms with Gasteiger partial charge in [0.1, 0.15) is 0 Å². The zero-order valence-electron chi connectivity index (χ0n) is 11.8. The largest absolute Gasteiger partial charge is 0.302 e. The van der Waals surface area contributed by atoms with E-state index in [1.54, 1.807) is 16.8 Å². The minimum atomic E-state index is -0.00207. The third kappa shape index (κ3) is 3.11. The molecular formula is C15H15N3OS2. The number of carbonyl (C=O) groups excluding carboxylic acids is 1. The number of thiazole rings is 2. The van der Waals surface area contributed by atoms with Gasteiger partial charge in [0.15, 0.2) is 5.13 Å². The summed E-state index contributed by atoms with van der Waals surface area (Å²) in [5, 5.41) is 3.58. The van der Waals surface area contributed by atoms with E-state index in [-0.39, 0.29) is 5.91 Å². The zero-order chi connectivity index (χ0) is 14.8. The molecule has 0 atom stereocenters. The minimum Gasteiger partial charge on any atom is -0.302 e. The maximum Gasteiger partial charge on any atom is 0.226 e. The van der Waals surface area contributed by atoms with Crippen molar-refractivity contribution in [3.8, 4) is 0 Å². The van der Waals surface area contributed by atoms with Gasteiger partial charge in [-0.1, -0.05) is 23.5 Å². The van der Waals surface area contributed by atoms with Gasteiger partial charge in [-0.15, -0.1) is 11.3 Å². The van der Waals surface area contributed by atoms with Crippen LogP contribution in [0, 0.1) is 13.8 Å². The second kappa shape index (κ2) is 5.91. The van der Waals surface area contributed by atoms with E-state index < -0.39 is 0 Å². The van der Waals surface area contributed by atoms with Crippen molar-refractivity contribution in [2.24, 2.45) is 0 Å². The van der Waals surface area contributed by atoms with Crippen LogP contribution in [0.25, 0.3) is 10.2 Å². The SMILES string of the molecule is Cc1ccc(C)c2sc(NC(=O)CCc3cncs3)nc12. The molecule has 6 heteroatoms. The van der Waals surface area contributed by atoms with Gasteiger partial charge in [0.05, 0.1) is 15.7 Å². The Hall–Kier alpha value is -1.79. The van der Waals surface area contributed by atoms with Crippen molar-refractivity contribution in [1.29, 1.82) is 0 Å². The monoisotopic (exact) mass is 317 g/mol. The van der Waals surface area contributed by atoms with Crippen LogP contribution in [0.2, 0.25) is 0 Å². The molecule has 1 amide bonds. The summed E-state index contributed by atoms with van der Waals surface area (Å²) in [6, 6.07) is 4.15. The Kier molecular flexibility index (Phi) is 3.98. The van der Waals surface area contributed by atoms with Crippen molar-refractivity contribution >= 4 is 43.9 Å². The molecule has 0 spiro atoms. The Morgan fingerprint density at radius 1 is 1.29 bits per heavy atom. The van der Waals surface area contributed by atoms with Gasteiger partial charge < -0.3 is 5.32 Å². The molecule has 0 unspecified atom stereocenters. The summed E-state index contributed by atoms with van der Waals surface area (Å²) in [5.74, 6) is -0.00207. The molecule has 108 valence electrons. The first kappa shape index (κ1) is 14.2. The number of amides is 1. The molecule has 2 heterocycles. The van der Waals surface area contributed by atoms with E-state index in [4.69, 9.17) is 0 Å². The molecule has 0 aliphatic rings. The minimum absolute atomic E-state index is 0.00207. The van der Waals surface area contributed by atoms with Gasteiger partial charge in [0.25, 0.3) is 0 Å². The maximum atomic E-state index is 12.0. The first-order valence-electron chi connectivity index (χ1n) is 6.67. The molecule has 0 aliphatic heterocycles. The molecule has 0 radical (unpaired) electrons.